The summed E-state index contributed by atoms with van der Waals surface area (Å²) in [6.45, 7) is 6.37. The van der Waals surface area contributed by atoms with Crippen molar-refractivity contribution in [3.63, 3.8) is 0 Å². The maximum absolute atomic E-state index is 14.9. The summed E-state index contributed by atoms with van der Waals surface area (Å²) in [7, 11) is 0. The maximum Gasteiger partial charge on any atom is 0.257 e. The summed E-state index contributed by atoms with van der Waals surface area (Å²) in [4.78, 5) is 29.3. The Kier molecular flexibility index (Phi) is 8.46. The number of halogens is 2. The van der Waals surface area contributed by atoms with Gasteiger partial charge in [0.05, 0.1) is 17.5 Å². The van der Waals surface area contributed by atoms with Crippen molar-refractivity contribution in [3.8, 4) is 0 Å². The van der Waals surface area contributed by atoms with Crippen molar-refractivity contribution in [3.05, 3.63) is 93.8 Å². The van der Waals surface area contributed by atoms with Crippen LogP contribution in [0.2, 0.25) is 5.02 Å². The molecule has 1 saturated heterocycles. The number of carbonyl (C=O) groups is 2. The smallest absolute Gasteiger partial charge is 0.257 e. The molecular weight excluding hydrogens is 525 g/mol. The first-order valence-electron chi connectivity index (χ1n) is 14.2. The molecule has 1 aliphatic carbocycles. The Hall–Kier alpha value is -3.38. The SMILES string of the molecule is Cc1ccc(NC(=O)[C@H]2CCCN(C(=O)c3c(C)cccc3F)[C@H]2c2ccc(NC3CCCC3C)cc2)cc1Cl. The van der Waals surface area contributed by atoms with Gasteiger partial charge in [-0.3, -0.25) is 9.59 Å². The number of likely N-dealkylation sites (tertiary alicyclic amines) is 1. The van der Waals surface area contributed by atoms with Crippen LogP contribution in [-0.2, 0) is 4.79 Å². The normalized spacial score (nSPS) is 22.7. The minimum Gasteiger partial charge on any atom is -0.382 e. The molecule has 7 heteroatoms. The highest BCUT2D eigenvalue weighted by atomic mass is 35.5. The first-order chi connectivity index (χ1) is 19.2. The van der Waals surface area contributed by atoms with Crippen LogP contribution < -0.4 is 10.6 Å². The van der Waals surface area contributed by atoms with Gasteiger partial charge in [-0.15, -0.1) is 0 Å². The Morgan fingerprint density at radius 3 is 2.35 bits per heavy atom. The van der Waals surface area contributed by atoms with Crippen LogP contribution >= 0.6 is 11.6 Å². The molecule has 0 radical (unpaired) electrons. The zero-order valence-electron chi connectivity index (χ0n) is 23.3. The minimum absolute atomic E-state index is 0.0624. The molecule has 2 fully saturated rings. The van der Waals surface area contributed by atoms with E-state index in [1.54, 1.807) is 30.0 Å². The lowest BCUT2D eigenvalue weighted by molar-refractivity contribution is -0.123. The molecule has 1 saturated carbocycles. The molecule has 0 aromatic heterocycles. The Labute approximate surface area is 241 Å². The number of anilines is 2. The van der Waals surface area contributed by atoms with Crippen LogP contribution in [0.3, 0.4) is 0 Å². The number of rotatable bonds is 6. The fourth-order valence-corrected chi connectivity index (χ4v) is 6.39. The highest BCUT2D eigenvalue weighted by molar-refractivity contribution is 6.31. The lowest BCUT2D eigenvalue weighted by Crippen LogP contribution is -2.46. The summed E-state index contributed by atoms with van der Waals surface area (Å²) in [6.07, 6.45) is 4.86. The number of piperidine rings is 1. The molecule has 1 aliphatic heterocycles. The largest absolute Gasteiger partial charge is 0.382 e. The zero-order valence-corrected chi connectivity index (χ0v) is 24.1. The van der Waals surface area contributed by atoms with Gasteiger partial charge in [0, 0.05) is 29.0 Å². The average Bonchev–Trinajstić information content (AvgIpc) is 3.34. The van der Waals surface area contributed by atoms with Crippen molar-refractivity contribution in [2.45, 2.75) is 65.0 Å². The molecule has 40 heavy (non-hydrogen) atoms. The number of hydrogen-bond acceptors (Lipinski definition) is 3. The number of aryl methyl sites for hydroxylation is 2. The van der Waals surface area contributed by atoms with Crippen molar-refractivity contribution >= 4 is 34.8 Å². The topological polar surface area (TPSA) is 61.4 Å². The van der Waals surface area contributed by atoms with Crippen LogP contribution in [0, 0.1) is 31.5 Å². The Balaban J connectivity index is 1.47. The van der Waals surface area contributed by atoms with Crippen LogP contribution in [0.25, 0.3) is 0 Å². The highest BCUT2D eigenvalue weighted by Crippen LogP contribution is 2.39. The fourth-order valence-electron chi connectivity index (χ4n) is 6.21. The van der Waals surface area contributed by atoms with Gasteiger partial charge >= 0.3 is 0 Å². The molecule has 0 bridgehead atoms. The van der Waals surface area contributed by atoms with E-state index in [4.69, 9.17) is 11.6 Å². The first kappa shape index (κ1) is 28.2. The van der Waals surface area contributed by atoms with Crippen molar-refractivity contribution in [1.29, 1.82) is 0 Å². The molecule has 0 spiro atoms. The van der Waals surface area contributed by atoms with Crippen LogP contribution in [0.1, 0.15) is 72.1 Å². The van der Waals surface area contributed by atoms with Gasteiger partial charge in [-0.2, -0.15) is 0 Å². The van der Waals surface area contributed by atoms with Crippen LogP contribution in [0.15, 0.2) is 60.7 Å². The third kappa shape index (κ3) is 5.87. The molecule has 2 aliphatic rings. The number of nitrogens with one attached hydrogen (secondary N) is 2. The molecular formula is C33H37ClFN3O2. The van der Waals surface area contributed by atoms with Gasteiger partial charge in [0.15, 0.2) is 0 Å². The second-order valence-electron chi connectivity index (χ2n) is 11.4. The molecule has 2 amide bonds. The summed E-state index contributed by atoms with van der Waals surface area (Å²) in [6, 6.07) is 18.0. The van der Waals surface area contributed by atoms with Crippen molar-refractivity contribution in [2.24, 2.45) is 11.8 Å². The molecule has 5 rings (SSSR count). The zero-order chi connectivity index (χ0) is 28.4. The molecule has 3 aromatic carbocycles. The average molecular weight is 562 g/mol. The van der Waals surface area contributed by atoms with Gasteiger partial charge in [0.25, 0.3) is 5.91 Å². The summed E-state index contributed by atoms with van der Waals surface area (Å²) < 4.78 is 14.9. The number of benzene rings is 3. The second kappa shape index (κ2) is 12.0. The summed E-state index contributed by atoms with van der Waals surface area (Å²) >= 11 is 6.31. The number of nitrogens with zero attached hydrogens (tertiary/aromatic N) is 1. The van der Waals surface area contributed by atoms with Crippen molar-refractivity contribution in [2.75, 3.05) is 17.2 Å². The molecule has 2 unspecified atom stereocenters. The van der Waals surface area contributed by atoms with E-state index in [-0.39, 0.29) is 11.5 Å². The highest BCUT2D eigenvalue weighted by Gasteiger charge is 2.40. The van der Waals surface area contributed by atoms with Gasteiger partial charge < -0.3 is 15.5 Å². The molecule has 5 nitrogen and oxygen atoms in total. The molecule has 4 atom stereocenters. The lowest BCUT2D eigenvalue weighted by Gasteiger charge is -2.41. The summed E-state index contributed by atoms with van der Waals surface area (Å²) in [5.41, 5.74) is 4.05. The number of carbonyl (C=O) groups excluding carboxylic acids is 2. The van der Waals surface area contributed by atoms with Crippen molar-refractivity contribution in [1.82, 2.24) is 4.90 Å². The van der Waals surface area contributed by atoms with Crippen LogP contribution in [-0.4, -0.2) is 29.3 Å². The second-order valence-corrected chi connectivity index (χ2v) is 11.8. The van der Waals surface area contributed by atoms with Gasteiger partial charge in [0.2, 0.25) is 5.91 Å². The van der Waals surface area contributed by atoms with Gasteiger partial charge in [-0.1, -0.05) is 55.3 Å². The summed E-state index contributed by atoms with van der Waals surface area (Å²) in [5.74, 6) is -1.01. The monoisotopic (exact) mass is 561 g/mol. The van der Waals surface area contributed by atoms with Crippen molar-refractivity contribution < 1.29 is 14.0 Å². The van der Waals surface area contributed by atoms with E-state index in [0.717, 1.165) is 23.2 Å². The van der Waals surface area contributed by atoms with Gasteiger partial charge in [0.1, 0.15) is 5.82 Å². The van der Waals surface area contributed by atoms with E-state index in [1.807, 2.05) is 43.3 Å². The van der Waals surface area contributed by atoms with E-state index >= 15 is 0 Å². The Morgan fingerprint density at radius 2 is 1.68 bits per heavy atom. The standard InChI is InChI=1S/C33H37ClFN3O2/c1-20-12-15-25(19-27(20)34)37-32(39)26-9-6-18-38(33(40)30-22(3)8-4-10-28(30)35)31(26)23-13-16-24(17-14-23)36-29-11-5-7-21(29)2/h4,8,10,12-17,19,21,26,29,31,36H,5-7,9,11,18H2,1-3H3,(H,37,39)/t21?,26-,29?,31-/m0/s1. The predicted molar refractivity (Wildman–Crippen MR) is 159 cm³/mol. The minimum atomic E-state index is -0.546. The predicted octanol–water partition coefficient (Wildman–Crippen LogP) is 7.93. The van der Waals surface area contributed by atoms with E-state index in [0.29, 0.717) is 47.6 Å². The Bertz CT molecular complexity index is 1370. The third-order valence-electron chi connectivity index (χ3n) is 8.57. The van der Waals surface area contributed by atoms with E-state index in [2.05, 4.69) is 17.6 Å². The Morgan fingerprint density at radius 1 is 0.925 bits per heavy atom. The quantitative estimate of drug-likeness (QED) is 0.321. The van der Waals surface area contributed by atoms with Crippen LogP contribution in [0.4, 0.5) is 15.8 Å². The lowest BCUT2D eigenvalue weighted by atomic mass is 9.83. The van der Waals surface area contributed by atoms with E-state index in [9.17, 15) is 14.0 Å². The van der Waals surface area contributed by atoms with E-state index < -0.39 is 23.7 Å². The third-order valence-corrected chi connectivity index (χ3v) is 8.98. The van der Waals surface area contributed by atoms with E-state index in [1.165, 1.54) is 18.9 Å². The van der Waals surface area contributed by atoms with Crippen LogP contribution in [0.5, 0.6) is 0 Å². The molecule has 1 heterocycles. The first-order valence-corrected chi connectivity index (χ1v) is 14.6. The molecule has 3 aromatic rings. The molecule has 210 valence electrons. The summed E-state index contributed by atoms with van der Waals surface area (Å²) in [5, 5.41) is 7.24. The van der Waals surface area contributed by atoms with Gasteiger partial charge in [-0.25, -0.2) is 4.39 Å². The maximum atomic E-state index is 14.9. The number of hydrogen-bond donors (Lipinski definition) is 2. The van der Waals surface area contributed by atoms with Gasteiger partial charge in [-0.05, 0) is 92.5 Å². The fraction of sp³-hybridized carbons (Fsp3) is 0.394. The number of amides is 2. The molecule has 2 N–H and O–H groups in total.